The molecule has 0 unspecified atom stereocenters. The van der Waals surface area contributed by atoms with Gasteiger partial charge in [-0.2, -0.15) is 0 Å². The second-order valence-electron chi connectivity index (χ2n) is 5.05. The molecule has 1 aliphatic rings. The molecule has 6 nitrogen and oxygen atoms in total. The molecule has 1 amide bonds. The van der Waals surface area contributed by atoms with Crippen LogP contribution in [0.3, 0.4) is 0 Å². The van der Waals surface area contributed by atoms with E-state index in [9.17, 15) is 4.79 Å². The smallest absolute Gasteiger partial charge is 0.259 e. The third-order valence-electron chi connectivity index (χ3n) is 3.61. The lowest BCUT2D eigenvalue weighted by Gasteiger charge is -2.14. The summed E-state index contributed by atoms with van der Waals surface area (Å²) in [6, 6.07) is 3.79. The quantitative estimate of drug-likeness (QED) is 0.880. The maximum atomic E-state index is 12.3. The van der Waals surface area contributed by atoms with Crippen molar-refractivity contribution >= 4 is 23.1 Å². The lowest BCUT2D eigenvalue weighted by atomic mass is 10.2. The first-order valence-electron chi connectivity index (χ1n) is 7.05. The van der Waals surface area contributed by atoms with E-state index in [-0.39, 0.29) is 11.8 Å². The van der Waals surface area contributed by atoms with E-state index in [2.05, 4.69) is 15.4 Å². The fourth-order valence-electron chi connectivity index (χ4n) is 2.53. The lowest BCUT2D eigenvalue weighted by molar-refractivity contribution is 0.0951. The summed E-state index contributed by atoms with van der Waals surface area (Å²) in [6.45, 7) is 3.70. The molecule has 21 heavy (non-hydrogen) atoms. The number of thiophene rings is 1. The van der Waals surface area contributed by atoms with Crippen LogP contribution in [0.2, 0.25) is 0 Å². The zero-order valence-corrected chi connectivity index (χ0v) is 12.5. The Bertz CT molecular complexity index is 603. The van der Waals surface area contributed by atoms with Gasteiger partial charge in [-0.3, -0.25) is 4.79 Å². The Balaban J connectivity index is 1.65. The molecule has 2 aromatic rings. The van der Waals surface area contributed by atoms with Crippen LogP contribution in [-0.4, -0.2) is 42.1 Å². The minimum absolute atomic E-state index is 0.0667. The van der Waals surface area contributed by atoms with E-state index in [4.69, 9.17) is 10.3 Å². The van der Waals surface area contributed by atoms with Gasteiger partial charge < -0.3 is 20.5 Å². The summed E-state index contributed by atoms with van der Waals surface area (Å²) in [4.78, 5) is 15.5. The molecular weight excluding hydrogens is 288 g/mol. The van der Waals surface area contributed by atoms with Crippen LogP contribution >= 0.6 is 11.3 Å². The summed E-state index contributed by atoms with van der Waals surface area (Å²) in [5, 5.41) is 8.73. The fourth-order valence-corrected chi connectivity index (χ4v) is 3.24. The zero-order valence-electron chi connectivity index (χ0n) is 11.7. The maximum Gasteiger partial charge on any atom is 0.259 e. The number of nitrogens with two attached hydrogens (primary N) is 1. The molecule has 0 radical (unpaired) electrons. The SMILES string of the molecule is Nc1onc(-c2cccs2)c1C(=O)NCCN1CCCC1. The van der Waals surface area contributed by atoms with Crippen molar-refractivity contribution in [1.29, 1.82) is 0 Å². The largest absolute Gasteiger partial charge is 0.367 e. The van der Waals surface area contributed by atoms with Crippen LogP contribution in [0, 0.1) is 0 Å². The molecule has 1 fully saturated rings. The van der Waals surface area contributed by atoms with Gasteiger partial charge in [0, 0.05) is 13.1 Å². The summed E-state index contributed by atoms with van der Waals surface area (Å²) in [7, 11) is 0. The van der Waals surface area contributed by atoms with Gasteiger partial charge in [0.1, 0.15) is 11.3 Å². The predicted molar refractivity (Wildman–Crippen MR) is 82.2 cm³/mol. The number of amides is 1. The first-order valence-corrected chi connectivity index (χ1v) is 7.93. The molecule has 3 heterocycles. The van der Waals surface area contributed by atoms with Crippen LogP contribution in [0.5, 0.6) is 0 Å². The average Bonchev–Trinajstić information content (AvgIpc) is 3.19. The van der Waals surface area contributed by atoms with E-state index in [1.165, 1.54) is 24.2 Å². The molecule has 0 aliphatic carbocycles. The van der Waals surface area contributed by atoms with Crippen molar-refractivity contribution < 1.29 is 9.32 Å². The Hall–Kier alpha value is -1.86. The average molecular weight is 306 g/mol. The first-order chi connectivity index (χ1) is 10.3. The second-order valence-corrected chi connectivity index (χ2v) is 6.00. The summed E-state index contributed by atoms with van der Waals surface area (Å²) in [6.07, 6.45) is 2.49. The number of nitrogen functional groups attached to an aromatic ring is 1. The number of nitrogens with zero attached hydrogens (tertiary/aromatic N) is 2. The van der Waals surface area contributed by atoms with E-state index < -0.39 is 0 Å². The topological polar surface area (TPSA) is 84.4 Å². The molecule has 0 aromatic carbocycles. The van der Waals surface area contributed by atoms with Gasteiger partial charge in [0.2, 0.25) is 5.88 Å². The van der Waals surface area contributed by atoms with Crippen LogP contribution in [0.15, 0.2) is 22.0 Å². The summed E-state index contributed by atoms with van der Waals surface area (Å²) < 4.78 is 4.98. The van der Waals surface area contributed by atoms with Gasteiger partial charge in [-0.15, -0.1) is 11.3 Å². The van der Waals surface area contributed by atoms with Crippen molar-refractivity contribution in [3.63, 3.8) is 0 Å². The number of rotatable bonds is 5. The van der Waals surface area contributed by atoms with Gasteiger partial charge >= 0.3 is 0 Å². The standard InChI is InChI=1S/C14H18N4O2S/c15-13-11(12(17-20-13)10-4-3-9-21-10)14(19)16-5-8-18-6-1-2-7-18/h3-4,9H,1-2,5-8,15H2,(H,16,19). The molecule has 7 heteroatoms. The predicted octanol–water partition coefficient (Wildman–Crippen LogP) is 1.81. The van der Waals surface area contributed by atoms with Gasteiger partial charge in [-0.25, -0.2) is 0 Å². The Labute approximate surface area is 126 Å². The van der Waals surface area contributed by atoms with Gasteiger partial charge in [0.05, 0.1) is 4.88 Å². The van der Waals surface area contributed by atoms with Crippen molar-refractivity contribution in [3.05, 3.63) is 23.1 Å². The number of carbonyl (C=O) groups excluding carboxylic acids is 1. The molecule has 0 bridgehead atoms. The monoisotopic (exact) mass is 306 g/mol. The van der Waals surface area contributed by atoms with Crippen molar-refractivity contribution in [3.8, 4) is 10.6 Å². The van der Waals surface area contributed by atoms with E-state index in [0.29, 0.717) is 17.8 Å². The molecule has 3 rings (SSSR count). The number of hydrogen-bond donors (Lipinski definition) is 2. The van der Waals surface area contributed by atoms with Crippen LogP contribution in [0.4, 0.5) is 5.88 Å². The Kier molecular flexibility index (Phi) is 4.21. The molecule has 3 N–H and O–H groups in total. The number of nitrogens with one attached hydrogen (secondary N) is 1. The minimum Gasteiger partial charge on any atom is -0.367 e. The van der Waals surface area contributed by atoms with Crippen LogP contribution < -0.4 is 11.1 Å². The maximum absolute atomic E-state index is 12.3. The normalized spacial score (nSPS) is 15.4. The van der Waals surface area contributed by atoms with E-state index in [1.54, 1.807) is 0 Å². The van der Waals surface area contributed by atoms with E-state index >= 15 is 0 Å². The van der Waals surface area contributed by atoms with Crippen LogP contribution in [-0.2, 0) is 0 Å². The minimum atomic E-state index is -0.226. The molecule has 1 saturated heterocycles. The Morgan fingerprint density at radius 2 is 2.29 bits per heavy atom. The molecule has 0 spiro atoms. The highest BCUT2D eigenvalue weighted by Crippen LogP contribution is 2.30. The van der Waals surface area contributed by atoms with E-state index in [0.717, 1.165) is 24.5 Å². The Morgan fingerprint density at radius 3 is 3.00 bits per heavy atom. The highest BCUT2D eigenvalue weighted by molar-refractivity contribution is 7.13. The first kappa shape index (κ1) is 14.1. The van der Waals surface area contributed by atoms with Crippen molar-refractivity contribution in [1.82, 2.24) is 15.4 Å². The number of carbonyl (C=O) groups is 1. The highest BCUT2D eigenvalue weighted by atomic mass is 32.1. The van der Waals surface area contributed by atoms with Gasteiger partial charge in [-0.05, 0) is 37.4 Å². The zero-order chi connectivity index (χ0) is 14.7. The molecule has 0 saturated carbocycles. The summed E-state index contributed by atoms with van der Waals surface area (Å²) >= 11 is 1.50. The molecule has 0 atom stereocenters. The highest BCUT2D eigenvalue weighted by Gasteiger charge is 2.23. The molecule has 2 aromatic heterocycles. The van der Waals surface area contributed by atoms with Gasteiger partial charge in [0.15, 0.2) is 0 Å². The molecule has 112 valence electrons. The summed E-state index contributed by atoms with van der Waals surface area (Å²) in [5.41, 5.74) is 6.59. The second kappa shape index (κ2) is 6.28. The number of anilines is 1. The van der Waals surface area contributed by atoms with Crippen molar-refractivity contribution in [2.24, 2.45) is 0 Å². The third kappa shape index (κ3) is 3.08. The number of hydrogen-bond acceptors (Lipinski definition) is 6. The third-order valence-corrected chi connectivity index (χ3v) is 4.49. The fraction of sp³-hybridized carbons (Fsp3) is 0.429. The summed E-state index contributed by atoms with van der Waals surface area (Å²) in [5.74, 6) is -0.159. The lowest BCUT2D eigenvalue weighted by Crippen LogP contribution is -2.33. The van der Waals surface area contributed by atoms with Gasteiger partial charge in [0.25, 0.3) is 5.91 Å². The molecule has 1 aliphatic heterocycles. The van der Waals surface area contributed by atoms with E-state index in [1.807, 2.05) is 17.5 Å². The van der Waals surface area contributed by atoms with Crippen LogP contribution in [0.25, 0.3) is 10.6 Å². The Morgan fingerprint density at radius 1 is 1.48 bits per heavy atom. The van der Waals surface area contributed by atoms with Crippen molar-refractivity contribution in [2.45, 2.75) is 12.8 Å². The van der Waals surface area contributed by atoms with Gasteiger partial charge in [-0.1, -0.05) is 11.2 Å². The molecular formula is C14H18N4O2S. The number of aromatic nitrogens is 1. The van der Waals surface area contributed by atoms with Crippen molar-refractivity contribution in [2.75, 3.05) is 31.9 Å². The van der Waals surface area contributed by atoms with Crippen LogP contribution in [0.1, 0.15) is 23.2 Å². The number of likely N-dealkylation sites (tertiary alicyclic amines) is 1.